The lowest BCUT2D eigenvalue weighted by Gasteiger charge is -2.40. The third-order valence-corrected chi connectivity index (χ3v) is 14.2. The molecule has 0 unspecified atom stereocenters. The fourth-order valence-corrected chi connectivity index (χ4v) is 10.2. The first-order valence-electron chi connectivity index (χ1n) is 22.1. The highest BCUT2D eigenvalue weighted by atomic mass is 35.5. The van der Waals surface area contributed by atoms with Crippen molar-refractivity contribution in [2.45, 2.75) is 12.8 Å². The molecule has 2 aliphatic rings. The maximum atomic E-state index is 13.6. The average molecular weight is 926 g/mol. The summed E-state index contributed by atoms with van der Waals surface area (Å²) < 4.78 is 22.9. The van der Waals surface area contributed by atoms with Crippen LogP contribution in [0.3, 0.4) is 0 Å². The van der Waals surface area contributed by atoms with Crippen LogP contribution in [-0.4, -0.2) is 100 Å². The molecule has 2 aliphatic heterocycles. The number of piperazine rings is 1. The first-order chi connectivity index (χ1) is 31.9. The molecule has 4 aromatic carbocycles. The molecular formula is C49H53ClN11O4P. The van der Waals surface area contributed by atoms with E-state index < -0.39 is 18.4 Å². The first-order valence-corrected chi connectivity index (χ1v) is 25.0. The van der Waals surface area contributed by atoms with Crippen LogP contribution in [0.25, 0.3) is 27.9 Å². The Morgan fingerprint density at radius 1 is 0.803 bits per heavy atom. The number of nitrogens with zero attached hydrogens (tertiary/aromatic N) is 8. The highest BCUT2D eigenvalue weighted by molar-refractivity contribution is 7.70. The number of aryl methyl sites for hydroxylation is 1. The summed E-state index contributed by atoms with van der Waals surface area (Å²) in [5.74, 6) is 1.90. The Bertz CT molecular complexity index is 3010. The van der Waals surface area contributed by atoms with E-state index in [1.165, 1.54) is 16.8 Å². The number of methoxy groups -OCH3 is 1. The monoisotopic (exact) mass is 925 g/mol. The van der Waals surface area contributed by atoms with Gasteiger partial charge in [-0.25, -0.2) is 9.78 Å². The molecule has 2 saturated heterocycles. The molecule has 0 spiro atoms. The summed E-state index contributed by atoms with van der Waals surface area (Å²) in [6.07, 6.45) is 9.08. The number of rotatable bonds is 13. The number of nitrogens with one attached hydrogen (secondary N) is 3. The maximum Gasteiger partial charge on any atom is 0.332 e. The highest BCUT2D eigenvalue weighted by Gasteiger charge is 2.27. The summed E-state index contributed by atoms with van der Waals surface area (Å²) in [6, 6.07) is 29.3. The van der Waals surface area contributed by atoms with E-state index in [0.717, 1.165) is 92.3 Å². The highest BCUT2D eigenvalue weighted by Crippen LogP contribution is 2.43. The van der Waals surface area contributed by atoms with Crippen molar-refractivity contribution in [3.63, 3.8) is 0 Å². The molecule has 0 atom stereocenters. The number of anilines is 6. The van der Waals surface area contributed by atoms with Gasteiger partial charge in [-0.3, -0.25) is 23.9 Å². The number of hydrogen-bond donors (Lipinski definition) is 3. The Balaban J connectivity index is 0.871. The SMILES string of the molecule is COc1cc(N2CCC(CN3CCN(c4ccc(-n5ccc(=O)[nH]c5=O)cc4)CC3)CC2)c(-c2cnn(C)c2)cc1Nc1ncc(Cl)c(Nc2ccc(-c3ccccc3)cc2P(C)(C)=O)n1. The Kier molecular flexibility index (Phi) is 12.8. The van der Waals surface area contributed by atoms with Gasteiger partial charge in [0.15, 0.2) is 5.82 Å². The third kappa shape index (κ3) is 9.93. The van der Waals surface area contributed by atoms with E-state index in [-0.39, 0.29) is 0 Å². The zero-order valence-corrected chi connectivity index (χ0v) is 39.1. The number of piperidine rings is 1. The number of H-pyrrole nitrogens is 1. The van der Waals surface area contributed by atoms with E-state index in [1.54, 1.807) is 31.3 Å². The van der Waals surface area contributed by atoms with E-state index in [1.807, 2.05) is 92.2 Å². The third-order valence-electron chi connectivity index (χ3n) is 12.4. The van der Waals surface area contributed by atoms with Crippen LogP contribution in [0.5, 0.6) is 5.75 Å². The van der Waals surface area contributed by atoms with Gasteiger partial charge in [-0.2, -0.15) is 10.1 Å². The molecule has 0 saturated carbocycles. The molecule has 66 heavy (non-hydrogen) atoms. The molecule has 17 heteroatoms. The van der Waals surface area contributed by atoms with Crippen molar-refractivity contribution in [3.05, 3.63) is 142 Å². The number of aromatic nitrogens is 6. The number of ether oxygens (including phenoxy) is 1. The molecule has 3 N–H and O–H groups in total. The topological polar surface area (TPSA) is 159 Å². The second kappa shape index (κ2) is 19.0. The molecule has 2 fully saturated rings. The van der Waals surface area contributed by atoms with Crippen LogP contribution in [-0.2, 0) is 11.6 Å². The Morgan fingerprint density at radius 2 is 1.55 bits per heavy atom. The van der Waals surface area contributed by atoms with Gasteiger partial charge in [-0.05, 0) is 85.7 Å². The van der Waals surface area contributed by atoms with E-state index in [9.17, 15) is 14.2 Å². The van der Waals surface area contributed by atoms with Crippen molar-refractivity contribution in [2.75, 3.05) is 86.7 Å². The van der Waals surface area contributed by atoms with Gasteiger partial charge in [0.2, 0.25) is 5.95 Å². The normalized spacial score (nSPS) is 14.9. The van der Waals surface area contributed by atoms with Gasteiger partial charge in [-0.1, -0.05) is 48.0 Å². The van der Waals surface area contributed by atoms with Crippen LogP contribution in [0.1, 0.15) is 12.8 Å². The molecule has 7 aromatic rings. The largest absolute Gasteiger partial charge is 0.494 e. The predicted octanol–water partition coefficient (Wildman–Crippen LogP) is 7.82. The minimum Gasteiger partial charge on any atom is -0.494 e. The minimum absolute atomic E-state index is 0.309. The molecular weight excluding hydrogens is 873 g/mol. The molecule has 0 aliphatic carbocycles. The number of halogens is 1. The van der Waals surface area contributed by atoms with Gasteiger partial charge in [0.1, 0.15) is 17.9 Å². The van der Waals surface area contributed by atoms with Gasteiger partial charge < -0.3 is 29.7 Å². The predicted molar refractivity (Wildman–Crippen MR) is 266 cm³/mol. The van der Waals surface area contributed by atoms with E-state index >= 15 is 0 Å². The standard InChI is InChI=1S/C49H53ClN11O4P/c1-57-32-36(29-52-57)39-27-42(54-48-51-30-40(50)47(56-48)53-41-15-10-35(26-45(41)66(3,4)64)34-8-6-5-7-9-34)44(65-2)28-43(39)60-19-16-33(17-20-60)31-58-22-24-59(25-23-58)37-11-13-38(14-12-37)61-21-18-46(62)55-49(61)63/h5-15,18,21,26-30,32-33H,16-17,19-20,22-25,31H2,1-4H3,(H,55,62,63)(H2,51,53,54,56). The molecule has 0 radical (unpaired) electrons. The summed E-state index contributed by atoms with van der Waals surface area (Å²) >= 11 is 6.69. The van der Waals surface area contributed by atoms with Crippen LogP contribution in [0.15, 0.2) is 125 Å². The Morgan fingerprint density at radius 3 is 2.23 bits per heavy atom. The van der Waals surface area contributed by atoms with Crippen molar-refractivity contribution in [3.8, 4) is 33.7 Å². The molecule has 15 nitrogen and oxygen atoms in total. The average Bonchev–Trinajstić information content (AvgIpc) is 3.76. The Hall–Kier alpha value is -6.67. The number of hydrogen-bond acceptors (Lipinski definition) is 12. The molecule has 5 heterocycles. The van der Waals surface area contributed by atoms with Crippen molar-refractivity contribution in [1.29, 1.82) is 0 Å². The Labute approximate surface area is 388 Å². The van der Waals surface area contributed by atoms with Gasteiger partial charge in [0, 0.05) is 105 Å². The van der Waals surface area contributed by atoms with E-state index in [0.29, 0.717) is 50.8 Å². The molecule has 0 bridgehead atoms. The summed E-state index contributed by atoms with van der Waals surface area (Å²) in [4.78, 5) is 42.8. The summed E-state index contributed by atoms with van der Waals surface area (Å²) in [7, 11) is 0.854. The van der Waals surface area contributed by atoms with Crippen LogP contribution in [0.4, 0.5) is 34.5 Å². The van der Waals surface area contributed by atoms with Gasteiger partial charge >= 0.3 is 5.69 Å². The smallest absolute Gasteiger partial charge is 0.332 e. The van der Waals surface area contributed by atoms with Crippen molar-refractivity contribution >= 4 is 58.6 Å². The van der Waals surface area contributed by atoms with Crippen molar-refractivity contribution in [2.24, 2.45) is 13.0 Å². The van der Waals surface area contributed by atoms with Crippen LogP contribution >= 0.6 is 18.7 Å². The quantitative estimate of drug-likeness (QED) is 0.0965. The van der Waals surface area contributed by atoms with E-state index in [2.05, 4.69) is 52.5 Å². The van der Waals surface area contributed by atoms with Gasteiger partial charge in [0.25, 0.3) is 5.56 Å². The summed E-state index contributed by atoms with van der Waals surface area (Å²) in [5, 5.41) is 12.3. The van der Waals surface area contributed by atoms with Crippen molar-refractivity contribution < 1.29 is 9.30 Å². The zero-order valence-electron chi connectivity index (χ0n) is 37.4. The number of benzene rings is 4. The first kappa shape index (κ1) is 44.5. The lowest BCUT2D eigenvalue weighted by molar-refractivity contribution is 0.201. The fraction of sp³-hybridized carbons (Fsp3) is 0.286. The second-order valence-electron chi connectivity index (χ2n) is 17.3. The minimum atomic E-state index is -2.73. The molecule has 9 rings (SSSR count). The van der Waals surface area contributed by atoms with Crippen LogP contribution in [0.2, 0.25) is 5.02 Å². The maximum absolute atomic E-state index is 13.6. The summed E-state index contributed by atoms with van der Waals surface area (Å²) in [5.41, 5.74) is 7.38. The van der Waals surface area contributed by atoms with E-state index in [4.69, 9.17) is 21.3 Å². The number of aromatic amines is 1. The molecule has 3 aromatic heterocycles. The van der Waals surface area contributed by atoms with Crippen LogP contribution < -0.4 is 41.7 Å². The fourth-order valence-electron chi connectivity index (χ4n) is 8.90. The lowest BCUT2D eigenvalue weighted by Crippen LogP contribution is -2.49. The van der Waals surface area contributed by atoms with Crippen molar-refractivity contribution in [1.82, 2.24) is 34.2 Å². The molecule has 0 amide bonds. The van der Waals surface area contributed by atoms with Gasteiger partial charge in [-0.15, -0.1) is 0 Å². The zero-order chi connectivity index (χ0) is 46.0. The summed E-state index contributed by atoms with van der Waals surface area (Å²) in [6.45, 7) is 10.2. The molecule has 340 valence electrons. The lowest BCUT2D eigenvalue weighted by atomic mass is 9.94. The van der Waals surface area contributed by atoms with Crippen LogP contribution in [0, 0.1) is 5.92 Å². The van der Waals surface area contributed by atoms with Gasteiger partial charge in [0.05, 0.1) is 36.6 Å². The second-order valence-corrected chi connectivity index (χ2v) is 20.9.